The first-order valence-electron chi connectivity index (χ1n) is 8.87. The summed E-state index contributed by atoms with van der Waals surface area (Å²) >= 11 is 0. The molecule has 20 heavy (non-hydrogen) atoms. The number of nitrogens with zero attached hydrogens (tertiary/aromatic N) is 1. The monoisotopic (exact) mass is 280 g/mol. The van der Waals surface area contributed by atoms with E-state index < -0.39 is 0 Å². The highest BCUT2D eigenvalue weighted by Crippen LogP contribution is 2.41. The molecule has 0 unspecified atom stereocenters. The van der Waals surface area contributed by atoms with E-state index in [1.54, 1.807) is 0 Å². The van der Waals surface area contributed by atoms with Crippen LogP contribution in [0.25, 0.3) is 0 Å². The normalized spacial score (nSPS) is 29.2. The molecule has 0 aromatic carbocycles. The van der Waals surface area contributed by atoms with Crippen LogP contribution in [0.2, 0.25) is 0 Å². The molecule has 0 radical (unpaired) electrons. The summed E-state index contributed by atoms with van der Waals surface area (Å²) in [5, 5.41) is 3.99. The van der Waals surface area contributed by atoms with Gasteiger partial charge in [0.1, 0.15) is 0 Å². The summed E-state index contributed by atoms with van der Waals surface area (Å²) < 4.78 is 5.66. The van der Waals surface area contributed by atoms with Crippen molar-refractivity contribution in [2.24, 2.45) is 0 Å². The van der Waals surface area contributed by atoms with E-state index in [1.807, 2.05) is 0 Å². The lowest BCUT2D eigenvalue weighted by Gasteiger charge is -2.55. The summed E-state index contributed by atoms with van der Waals surface area (Å²) in [4.78, 5) is 2.82. The minimum Gasteiger partial charge on any atom is -0.380 e. The molecule has 3 nitrogen and oxygen atoms in total. The molecule has 0 amide bonds. The van der Waals surface area contributed by atoms with E-state index in [0.717, 1.165) is 19.8 Å². The van der Waals surface area contributed by atoms with Crippen LogP contribution in [0.5, 0.6) is 0 Å². The SMILES string of the molecule is CCOCCN1CC2(CCCC2)NCC12CCCCC2. The molecule has 3 aliphatic rings. The zero-order valence-electron chi connectivity index (χ0n) is 13.3. The van der Waals surface area contributed by atoms with Crippen LogP contribution in [-0.2, 0) is 4.74 Å². The minimum atomic E-state index is 0.439. The molecule has 3 rings (SSSR count). The van der Waals surface area contributed by atoms with Gasteiger partial charge in [-0.25, -0.2) is 0 Å². The number of hydrogen-bond acceptors (Lipinski definition) is 3. The average Bonchev–Trinajstić information content (AvgIpc) is 2.93. The fraction of sp³-hybridized carbons (Fsp3) is 1.00. The molecule has 0 atom stereocenters. The van der Waals surface area contributed by atoms with Gasteiger partial charge in [-0.15, -0.1) is 0 Å². The molecular formula is C17H32N2O. The summed E-state index contributed by atoms with van der Waals surface area (Å²) in [7, 11) is 0. The largest absolute Gasteiger partial charge is 0.380 e. The van der Waals surface area contributed by atoms with Gasteiger partial charge in [0.25, 0.3) is 0 Å². The Hall–Kier alpha value is -0.120. The average molecular weight is 280 g/mol. The van der Waals surface area contributed by atoms with Crippen LogP contribution in [0.3, 0.4) is 0 Å². The Kier molecular flexibility index (Phi) is 4.68. The number of nitrogens with one attached hydrogen (secondary N) is 1. The van der Waals surface area contributed by atoms with Gasteiger partial charge < -0.3 is 10.1 Å². The van der Waals surface area contributed by atoms with Crippen LogP contribution in [0.4, 0.5) is 0 Å². The van der Waals surface area contributed by atoms with E-state index in [-0.39, 0.29) is 0 Å². The molecule has 116 valence electrons. The standard InChI is InChI=1S/C17H32N2O/c1-2-20-13-12-19-15-16(8-6-7-9-16)18-14-17(19)10-4-3-5-11-17/h18H,2-15H2,1H3. The van der Waals surface area contributed by atoms with E-state index in [2.05, 4.69) is 17.1 Å². The lowest BCUT2D eigenvalue weighted by molar-refractivity contribution is -0.0329. The number of rotatable bonds is 4. The summed E-state index contributed by atoms with van der Waals surface area (Å²) in [6, 6.07) is 0. The van der Waals surface area contributed by atoms with Crippen molar-refractivity contribution in [3.8, 4) is 0 Å². The highest BCUT2D eigenvalue weighted by Gasteiger charge is 2.48. The maximum Gasteiger partial charge on any atom is 0.0593 e. The van der Waals surface area contributed by atoms with Crippen LogP contribution >= 0.6 is 0 Å². The van der Waals surface area contributed by atoms with Crippen molar-refractivity contribution in [2.45, 2.75) is 75.8 Å². The maximum absolute atomic E-state index is 5.66. The van der Waals surface area contributed by atoms with E-state index in [9.17, 15) is 0 Å². The smallest absolute Gasteiger partial charge is 0.0593 e. The Bertz CT molecular complexity index is 306. The van der Waals surface area contributed by atoms with Crippen molar-refractivity contribution in [3.63, 3.8) is 0 Å². The third-order valence-corrected chi connectivity index (χ3v) is 6.01. The van der Waals surface area contributed by atoms with Crippen LogP contribution < -0.4 is 5.32 Å². The van der Waals surface area contributed by atoms with E-state index in [0.29, 0.717) is 11.1 Å². The van der Waals surface area contributed by atoms with Crippen molar-refractivity contribution in [1.29, 1.82) is 0 Å². The van der Waals surface area contributed by atoms with E-state index in [4.69, 9.17) is 4.74 Å². The van der Waals surface area contributed by atoms with E-state index >= 15 is 0 Å². The minimum absolute atomic E-state index is 0.439. The quantitative estimate of drug-likeness (QED) is 0.801. The van der Waals surface area contributed by atoms with Gasteiger partial charge in [-0.05, 0) is 32.6 Å². The zero-order chi connectivity index (χ0) is 13.9. The van der Waals surface area contributed by atoms with Crippen molar-refractivity contribution in [2.75, 3.05) is 32.8 Å². The third kappa shape index (κ3) is 2.90. The molecule has 1 heterocycles. The topological polar surface area (TPSA) is 24.5 Å². The van der Waals surface area contributed by atoms with Gasteiger partial charge in [0, 0.05) is 37.3 Å². The first-order valence-corrected chi connectivity index (χ1v) is 8.87. The third-order valence-electron chi connectivity index (χ3n) is 6.01. The zero-order valence-corrected chi connectivity index (χ0v) is 13.3. The lowest BCUT2D eigenvalue weighted by atomic mass is 9.76. The summed E-state index contributed by atoms with van der Waals surface area (Å²) in [6.45, 7) is 7.49. The Morgan fingerprint density at radius 1 is 1.00 bits per heavy atom. The molecule has 3 heteroatoms. The summed E-state index contributed by atoms with van der Waals surface area (Å²) in [5.74, 6) is 0. The highest BCUT2D eigenvalue weighted by atomic mass is 16.5. The summed E-state index contributed by atoms with van der Waals surface area (Å²) in [6.07, 6.45) is 12.7. The van der Waals surface area contributed by atoms with Crippen LogP contribution in [0, 0.1) is 0 Å². The van der Waals surface area contributed by atoms with Gasteiger partial charge in [0.15, 0.2) is 0 Å². The van der Waals surface area contributed by atoms with Gasteiger partial charge in [0.05, 0.1) is 6.61 Å². The van der Waals surface area contributed by atoms with E-state index in [1.165, 1.54) is 70.9 Å². The molecular weight excluding hydrogens is 248 g/mol. The van der Waals surface area contributed by atoms with Crippen molar-refractivity contribution >= 4 is 0 Å². The molecule has 0 aromatic heterocycles. The second-order valence-electron chi connectivity index (χ2n) is 7.24. The Labute approximate surface area is 124 Å². The predicted molar refractivity (Wildman–Crippen MR) is 83.1 cm³/mol. The molecule has 2 saturated carbocycles. The second-order valence-corrected chi connectivity index (χ2v) is 7.24. The Morgan fingerprint density at radius 2 is 1.70 bits per heavy atom. The molecule has 2 spiro atoms. The van der Waals surface area contributed by atoms with Crippen LogP contribution in [0.15, 0.2) is 0 Å². The van der Waals surface area contributed by atoms with Crippen molar-refractivity contribution < 1.29 is 4.74 Å². The van der Waals surface area contributed by atoms with Crippen molar-refractivity contribution in [3.05, 3.63) is 0 Å². The van der Waals surface area contributed by atoms with Crippen LogP contribution in [0.1, 0.15) is 64.7 Å². The molecule has 1 aliphatic heterocycles. The van der Waals surface area contributed by atoms with Gasteiger partial charge in [-0.2, -0.15) is 0 Å². The molecule has 3 fully saturated rings. The molecule has 0 aromatic rings. The molecule has 0 bridgehead atoms. The fourth-order valence-electron chi connectivity index (χ4n) is 4.78. The van der Waals surface area contributed by atoms with Gasteiger partial charge in [-0.3, -0.25) is 4.90 Å². The molecule has 2 aliphatic carbocycles. The Balaban J connectivity index is 1.69. The maximum atomic E-state index is 5.66. The summed E-state index contributed by atoms with van der Waals surface area (Å²) in [5.41, 5.74) is 0.887. The number of piperazine rings is 1. The van der Waals surface area contributed by atoms with Gasteiger partial charge in [0.2, 0.25) is 0 Å². The second kappa shape index (κ2) is 6.33. The van der Waals surface area contributed by atoms with Crippen molar-refractivity contribution in [1.82, 2.24) is 10.2 Å². The predicted octanol–water partition coefficient (Wildman–Crippen LogP) is 2.94. The number of ether oxygens (including phenoxy) is 1. The van der Waals surface area contributed by atoms with Gasteiger partial charge >= 0.3 is 0 Å². The molecule has 1 N–H and O–H groups in total. The van der Waals surface area contributed by atoms with Gasteiger partial charge in [-0.1, -0.05) is 32.1 Å². The lowest BCUT2D eigenvalue weighted by Crippen LogP contribution is -2.70. The fourth-order valence-corrected chi connectivity index (χ4v) is 4.78. The Morgan fingerprint density at radius 3 is 2.40 bits per heavy atom. The number of hydrogen-bond donors (Lipinski definition) is 1. The first-order chi connectivity index (χ1) is 9.79. The van der Waals surface area contributed by atoms with Crippen LogP contribution in [-0.4, -0.2) is 48.8 Å². The first kappa shape index (κ1) is 14.8. The molecule has 1 saturated heterocycles. The highest BCUT2D eigenvalue weighted by molar-refractivity contribution is 5.07.